The maximum atomic E-state index is 12.4. The molecule has 0 atom stereocenters. The highest BCUT2D eigenvalue weighted by atomic mass is 19.4. The van der Waals surface area contributed by atoms with Crippen molar-refractivity contribution in [2.24, 2.45) is 0 Å². The van der Waals surface area contributed by atoms with E-state index in [9.17, 15) is 18.0 Å². The van der Waals surface area contributed by atoms with Crippen LogP contribution in [0.15, 0.2) is 6.07 Å². The highest BCUT2D eigenvalue weighted by molar-refractivity contribution is 5.87. The summed E-state index contributed by atoms with van der Waals surface area (Å²) in [7, 11) is 1.10. The van der Waals surface area contributed by atoms with Crippen LogP contribution in [0, 0.1) is 0 Å². The second-order valence-electron chi connectivity index (χ2n) is 3.44. The molecule has 0 N–H and O–H groups in total. The third kappa shape index (κ3) is 2.34. The molecule has 0 spiro atoms. The second-order valence-corrected chi connectivity index (χ2v) is 3.44. The quantitative estimate of drug-likeness (QED) is 0.740. The topological polar surface area (TPSA) is 44.1 Å². The molecule has 0 unspecified atom stereocenters. The van der Waals surface area contributed by atoms with Crippen molar-refractivity contribution in [1.82, 2.24) is 9.78 Å². The molecule has 90 valence electrons. The lowest BCUT2D eigenvalue weighted by Crippen LogP contribution is -2.14. The van der Waals surface area contributed by atoms with Gasteiger partial charge in [-0.3, -0.25) is 4.68 Å². The molecule has 0 bridgehead atoms. The first-order valence-electron chi connectivity index (χ1n) is 4.52. The third-order valence-corrected chi connectivity index (χ3v) is 1.91. The number of nitrogens with zero attached hydrogens (tertiary/aromatic N) is 2. The monoisotopic (exact) mass is 236 g/mol. The lowest BCUT2D eigenvalue weighted by Gasteiger charge is -2.08. The maximum Gasteiger partial charge on any atom is 0.435 e. The molecule has 0 saturated carbocycles. The maximum absolute atomic E-state index is 12.4. The minimum absolute atomic E-state index is 0.204. The number of hydrogen-bond donors (Lipinski definition) is 0. The average molecular weight is 236 g/mol. The van der Waals surface area contributed by atoms with Crippen molar-refractivity contribution in [2.75, 3.05) is 7.11 Å². The predicted molar refractivity (Wildman–Crippen MR) is 49.0 cm³/mol. The number of rotatable bonds is 2. The number of alkyl halides is 3. The van der Waals surface area contributed by atoms with Gasteiger partial charge in [0.05, 0.1) is 7.11 Å². The van der Waals surface area contributed by atoms with Gasteiger partial charge in [0.2, 0.25) is 0 Å². The van der Waals surface area contributed by atoms with Crippen molar-refractivity contribution >= 4 is 5.97 Å². The Hall–Kier alpha value is -1.53. The zero-order valence-corrected chi connectivity index (χ0v) is 9.00. The van der Waals surface area contributed by atoms with Gasteiger partial charge in [0.15, 0.2) is 5.69 Å². The summed E-state index contributed by atoms with van der Waals surface area (Å²) in [6.45, 7) is 3.25. The smallest absolute Gasteiger partial charge is 0.435 e. The Balaban J connectivity index is 3.26. The molecule has 1 aromatic rings. The molecule has 0 aromatic carbocycles. The SMILES string of the molecule is COC(=O)c1cc(C(F)(F)F)nn1C(C)C. The van der Waals surface area contributed by atoms with Crippen LogP contribution in [0.4, 0.5) is 13.2 Å². The van der Waals surface area contributed by atoms with Crippen LogP contribution < -0.4 is 0 Å². The number of carbonyl (C=O) groups is 1. The van der Waals surface area contributed by atoms with Crippen LogP contribution in [0.2, 0.25) is 0 Å². The summed E-state index contributed by atoms with van der Waals surface area (Å²) in [4.78, 5) is 11.2. The molecule has 7 heteroatoms. The van der Waals surface area contributed by atoms with E-state index in [0.29, 0.717) is 6.07 Å². The number of carbonyl (C=O) groups excluding carboxylic acids is 1. The first-order chi connectivity index (χ1) is 7.27. The van der Waals surface area contributed by atoms with E-state index < -0.39 is 17.8 Å². The average Bonchev–Trinajstić information content (AvgIpc) is 2.60. The van der Waals surface area contributed by atoms with E-state index in [-0.39, 0.29) is 11.7 Å². The summed E-state index contributed by atoms with van der Waals surface area (Å²) < 4.78 is 42.5. The largest absolute Gasteiger partial charge is 0.464 e. The molecule has 0 fully saturated rings. The minimum Gasteiger partial charge on any atom is -0.464 e. The van der Waals surface area contributed by atoms with Crippen LogP contribution in [0.3, 0.4) is 0 Å². The molecule has 1 heterocycles. The normalized spacial score (nSPS) is 11.9. The molecule has 0 saturated heterocycles. The Morgan fingerprint density at radius 1 is 1.50 bits per heavy atom. The lowest BCUT2D eigenvalue weighted by molar-refractivity contribution is -0.141. The van der Waals surface area contributed by atoms with E-state index in [0.717, 1.165) is 11.8 Å². The Morgan fingerprint density at radius 3 is 2.44 bits per heavy atom. The van der Waals surface area contributed by atoms with Gasteiger partial charge < -0.3 is 4.74 Å². The van der Waals surface area contributed by atoms with Gasteiger partial charge in [-0.05, 0) is 13.8 Å². The standard InChI is InChI=1S/C9H11F3N2O2/c1-5(2)14-6(8(15)16-3)4-7(13-14)9(10,11)12/h4-5H,1-3H3. The van der Waals surface area contributed by atoms with Gasteiger partial charge in [-0.25, -0.2) is 4.79 Å². The molecule has 0 aliphatic carbocycles. The molecule has 4 nitrogen and oxygen atoms in total. The first kappa shape index (κ1) is 12.5. The lowest BCUT2D eigenvalue weighted by atomic mass is 10.3. The molecule has 1 aromatic heterocycles. The minimum atomic E-state index is -4.57. The Kier molecular flexibility index (Phi) is 3.25. The summed E-state index contributed by atoms with van der Waals surface area (Å²) in [5.74, 6) is -0.836. The van der Waals surface area contributed by atoms with Crippen LogP contribution in [0.25, 0.3) is 0 Å². The van der Waals surface area contributed by atoms with E-state index in [1.807, 2.05) is 0 Å². The van der Waals surface area contributed by atoms with E-state index in [2.05, 4.69) is 9.84 Å². The zero-order chi connectivity index (χ0) is 12.5. The molecule has 1 rings (SSSR count). The molecular formula is C9H11F3N2O2. The van der Waals surface area contributed by atoms with Crippen molar-refractivity contribution in [2.45, 2.75) is 26.1 Å². The number of hydrogen-bond acceptors (Lipinski definition) is 3. The van der Waals surface area contributed by atoms with Gasteiger partial charge in [-0.15, -0.1) is 0 Å². The van der Waals surface area contributed by atoms with Crippen molar-refractivity contribution in [3.8, 4) is 0 Å². The van der Waals surface area contributed by atoms with Crippen LogP contribution in [-0.2, 0) is 10.9 Å². The van der Waals surface area contributed by atoms with Crippen molar-refractivity contribution < 1.29 is 22.7 Å². The third-order valence-electron chi connectivity index (χ3n) is 1.91. The fourth-order valence-corrected chi connectivity index (χ4v) is 1.18. The fourth-order valence-electron chi connectivity index (χ4n) is 1.18. The van der Waals surface area contributed by atoms with Gasteiger partial charge in [-0.2, -0.15) is 18.3 Å². The van der Waals surface area contributed by atoms with Crippen LogP contribution >= 0.6 is 0 Å². The van der Waals surface area contributed by atoms with Gasteiger partial charge in [0.25, 0.3) is 0 Å². The Bertz CT molecular complexity index is 396. The first-order valence-corrected chi connectivity index (χ1v) is 4.52. The highest BCUT2D eigenvalue weighted by Crippen LogP contribution is 2.29. The van der Waals surface area contributed by atoms with Gasteiger partial charge >= 0.3 is 12.1 Å². The zero-order valence-electron chi connectivity index (χ0n) is 9.00. The van der Waals surface area contributed by atoms with Crippen molar-refractivity contribution in [3.63, 3.8) is 0 Å². The number of ether oxygens (including phenoxy) is 1. The number of aromatic nitrogens is 2. The van der Waals surface area contributed by atoms with Gasteiger partial charge in [0.1, 0.15) is 5.69 Å². The van der Waals surface area contributed by atoms with Crippen molar-refractivity contribution in [3.05, 3.63) is 17.5 Å². The number of esters is 1. The van der Waals surface area contributed by atoms with Crippen LogP contribution in [0.1, 0.15) is 36.1 Å². The molecule has 0 aliphatic rings. The van der Waals surface area contributed by atoms with Gasteiger partial charge in [0, 0.05) is 12.1 Å². The van der Waals surface area contributed by atoms with Crippen molar-refractivity contribution in [1.29, 1.82) is 0 Å². The van der Waals surface area contributed by atoms with E-state index in [4.69, 9.17) is 0 Å². The number of methoxy groups -OCH3 is 1. The van der Waals surface area contributed by atoms with Crippen LogP contribution in [0.5, 0.6) is 0 Å². The summed E-state index contributed by atoms with van der Waals surface area (Å²) >= 11 is 0. The molecule has 16 heavy (non-hydrogen) atoms. The summed E-state index contributed by atoms with van der Waals surface area (Å²) in [6.07, 6.45) is -4.57. The second kappa shape index (κ2) is 4.15. The van der Waals surface area contributed by atoms with E-state index in [1.165, 1.54) is 0 Å². The summed E-state index contributed by atoms with van der Waals surface area (Å²) in [5.41, 5.74) is -1.30. The number of halogens is 3. The molecule has 0 radical (unpaired) electrons. The Labute approximate surface area is 90.0 Å². The molecule has 0 aliphatic heterocycles. The predicted octanol–water partition coefficient (Wildman–Crippen LogP) is 2.27. The fraction of sp³-hybridized carbons (Fsp3) is 0.556. The Morgan fingerprint density at radius 2 is 2.06 bits per heavy atom. The molecular weight excluding hydrogens is 225 g/mol. The highest BCUT2D eigenvalue weighted by Gasteiger charge is 2.36. The van der Waals surface area contributed by atoms with Crippen LogP contribution in [-0.4, -0.2) is 22.9 Å². The summed E-state index contributed by atoms with van der Waals surface area (Å²) in [6, 6.07) is 0.330. The van der Waals surface area contributed by atoms with Gasteiger partial charge in [-0.1, -0.05) is 0 Å². The molecule has 0 amide bonds. The summed E-state index contributed by atoms with van der Waals surface area (Å²) in [5, 5.41) is 3.34. The van der Waals surface area contributed by atoms with E-state index in [1.54, 1.807) is 13.8 Å². The van der Waals surface area contributed by atoms with E-state index >= 15 is 0 Å².